The summed E-state index contributed by atoms with van der Waals surface area (Å²) in [6.45, 7) is 37.7. The lowest BCUT2D eigenvalue weighted by Crippen LogP contribution is -2.17. The Kier molecular flexibility index (Phi) is 38.4. The first-order chi connectivity index (χ1) is 15.7. The highest BCUT2D eigenvalue weighted by Crippen LogP contribution is 1.93. The summed E-state index contributed by atoms with van der Waals surface area (Å²) < 4.78 is 4.67. The van der Waals surface area contributed by atoms with Crippen LogP contribution in [-0.2, 0) is 19.1 Å². The summed E-state index contributed by atoms with van der Waals surface area (Å²) in [5.41, 5.74) is 0.620. The van der Waals surface area contributed by atoms with Crippen LogP contribution in [0.1, 0.15) is 34.6 Å². The van der Waals surface area contributed by atoms with E-state index in [1.165, 1.54) is 39.0 Å². The van der Waals surface area contributed by atoms with E-state index in [0.717, 1.165) is 13.1 Å². The fourth-order valence-corrected chi connectivity index (χ4v) is 0.996. The Hall–Kier alpha value is -3.31. The van der Waals surface area contributed by atoms with Gasteiger partial charge in [-0.1, -0.05) is 57.5 Å². The normalized spacial score (nSPS) is 8.26. The monoisotopic (exact) mass is 473 g/mol. The Balaban J connectivity index is -0.000000105. The average Bonchev–Trinajstić information content (AvgIpc) is 2.78. The molecule has 192 valence electrons. The molecule has 5 nitrogen and oxygen atoms in total. The van der Waals surface area contributed by atoms with Gasteiger partial charge >= 0.3 is 5.97 Å². The average molecular weight is 474 g/mol. The predicted molar refractivity (Wildman–Crippen MR) is 150 cm³/mol. The third-order valence-electron chi connectivity index (χ3n) is 3.28. The summed E-state index contributed by atoms with van der Waals surface area (Å²) in [6, 6.07) is 0. The molecule has 0 saturated heterocycles. The second-order valence-electron chi connectivity index (χ2n) is 6.83. The number of hydrogen-bond donors (Lipinski definition) is 0. The number of likely N-dealkylation sites (N-methyl/N-ethyl adjacent to an activating group) is 1. The van der Waals surface area contributed by atoms with Gasteiger partial charge in [0.25, 0.3) is 0 Å². The lowest BCUT2D eigenvalue weighted by atomic mass is 10.2. The Morgan fingerprint density at radius 1 is 0.794 bits per heavy atom. The van der Waals surface area contributed by atoms with Crippen molar-refractivity contribution in [3.05, 3.63) is 101 Å². The molecule has 0 rings (SSSR count). The first-order valence-electron chi connectivity index (χ1n) is 10.6. The minimum atomic E-state index is -0.345. The molecule has 0 heterocycles. The number of nitrogens with zero attached hydrogens (tertiary/aromatic N) is 1. The van der Waals surface area contributed by atoms with Crippen molar-refractivity contribution < 1.29 is 19.1 Å². The second kappa shape index (κ2) is 31.9. The molecule has 0 saturated carbocycles. The zero-order valence-corrected chi connectivity index (χ0v) is 22.3. The molecule has 0 aromatic heterocycles. The SMILES string of the molecule is C=C(C)C(C)=O.C=CC(C)=O.C=CC(C)C=C.C=CC(C=C)OC(C)=O.C=CCN(C)CC=C. The summed E-state index contributed by atoms with van der Waals surface area (Å²) in [7, 11) is 2.03. The first-order valence-corrected chi connectivity index (χ1v) is 10.6. The van der Waals surface area contributed by atoms with Crippen molar-refractivity contribution in [1.29, 1.82) is 0 Å². The van der Waals surface area contributed by atoms with E-state index in [0.29, 0.717) is 11.5 Å². The Labute approximate surface area is 209 Å². The summed E-state index contributed by atoms with van der Waals surface area (Å²) in [6.07, 6.45) is 11.4. The predicted octanol–water partition coefficient (Wildman–Crippen LogP) is 6.49. The number of ether oxygens (including phenoxy) is 1. The fourth-order valence-electron chi connectivity index (χ4n) is 0.996. The number of hydrogen-bond acceptors (Lipinski definition) is 5. The molecule has 5 heteroatoms. The van der Waals surface area contributed by atoms with Gasteiger partial charge in [0.05, 0.1) is 0 Å². The molecule has 0 amide bonds. The number of esters is 1. The van der Waals surface area contributed by atoms with Crippen molar-refractivity contribution >= 4 is 17.5 Å². The number of rotatable bonds is 11. The highest BCUT2D eigenvalue weighted by atomic mass is 16.5. The van der Waals surface area contributed by atoms with Crippen LogP contribution in [0.25, 0.3) is 0 Å². The molecule has 0 aromatic carbocycles. The number of allylic oxidation sites excluding steroid dienone is 4. The quantitative estimate of drug-likeness (QED) is 0.195. The maximum absolute atomic E-state index is 10.3. The Morgan fingerprint density at radius 3 is 1.21 bits per heavy atom. The van der Waals surface area contributed by atoms with Crippen LogP contribution >= 0.6 is 0 Å². The molecule has 0 aliphatic carbocycles. The van der Waals surface area contributed by atoms with Crippen molar-refractivity contribution in [3.8, 4) is 0 Å². The molecule has 0 unspecified atom stereocenters. The highest BCUT2D eigenvalue weighted by Gasteiger charge is 1.99. The number of ketones is 2. The second-order valence-corrected chi connectivity index (χ2v) is 6.83. The minimum absolute atomic E-state index is 0.0185. The Morgan fingerprint density at radius 2 is 1.12 bits per heavy atom. The van der Waals surface area contributed by atoms with Gasteiger partial charge in [0.2, 0.25) is 0 Å². The van der Waals surface area contributed by atoms with Gasteiger partial charge in [-0.25, -0.2) is 0 Å². The third-order valence-corrected chi connectivity index (χ3v) is 3.28. The minimum Gasteiger partial charge on any atom is -0.454 e. The molecule has 0 radical (unpaired) electrons. The number of carbonyl (C=O) groups excluding carboxylic acids is 3. The largest absolute Gasteiger partial charge is 0.454 e. The van der Waals surface area contributed by atoms with Gasteiger partial charge in [-0.15, -0.1) is 26.3 Å². The summed E-state index contributed by atoms with van der Waals surface area (Å²) >= 11 is 0. The van der Waals surface area contributed by atoms with Gasteiger partial charge in [-0.05, 0) is 57.5 Å². The first kappa shape index (κ1) is 41.0. The molecule has 0 N–H and O–H groups in total. The molecule has 0 fully saturated rings. The fraction of sp³-hybridized carbons (Fsp3) is 0.345. The van der Waals surface area contributed by atoms with E-state index in [1.807, 2.05) is 38.3 Å². The van der Waals surface area contributed by atoms with Crippen LogP contribution in [-0.4, -0.2) is 48.7 Å². The van der Waals surface area contributed by atoms with E-state index in [2.05, 4.69) is 62.3 Å². The maximum Gasteiger partial charge on any atom is 0.303 e. The van der Waals surface area contributed by atoms with Crippen LogP contribution in [0.2, 0.25) is 0 Å². The van der Waals surface area contributed by atoms with Crippen LogP contribution in [0.4, 0.5) is 0 Å². The van der Waals surface area contributed by atoms with Gasteiger partial charge in [0, 0.05) is 20.0 Å². The van der Waals surface area contributed by atoms with E-state index >= 15 is 0 Å². The topological polar surface area (TPSA) is 63.7 Å². The molecular weight excluding hydrogens is 426 g/mol. The van der Waals surface area contributed by atoms with Gasteiger partial charge in [-0.2, -0.15) is 0 Å². The molecule has 0 atom stereocenters. The molecule has 0 bridgehead atoms. The van der Waals surface area contributed by atoms with Crippen LogP contribution in [0.15, 0.2) is 101 Å². The maximum atomic E-state index is 10.3. The van der Waals surface area contributed by atoms with E-state index in [-0.39, 0.29) is 23.6 Å². The van der Waals surface area contributed by atoms with E-state index in [9.17, 15) is 14.4 Å². The Bertz CT molecular complexity index is 621. The van der Waals surface area contributed by atoms with Crippen molar-refractivity contribution in [3.63, 3.8) is 0 Å². The van der Waals surface area contributed by atoms with Gasteiger partial charge in [0.1, 0.15) is 6.10 Å². The van der Waals surface area contributed by atoms with Crippen molar-refractivity contribution in [2.45, 2.75) is 40.7 Å². The highest BCUT2D eigenvalue weighted by molar-refractivity contribution is 5.91. The van der Waals surface area contributed by atoms with E-state index in [4.69, 9.17) is 0 Å². The zero-order chi connectivity index (χ0) is 28.1. The lowest BCUT2D eigenvalue weighted by Gasteiger charge is -2.09. The molecule has 0 aliphatic rings. The zero-order valence-electron chi connectivity index (χ0n) is 22.3. The standard InChI is InChI=1S/C7H13N.C7H10O2.C6H10.C5H8O.C4H6O/c1-4-6-8(3)7-5-2;1-4-7(5-2)9-6(3)8;1-4-6(3)5-2;1-4(2)5(3)6;1-3-4(2)5/h4-5H,1-2,6-7H2,3H3;4-5,7H,1-2H2,3H3;4-6H,1-2H2,3H3;1H2,2-3H3;3H,1H2,2H3. The van der Waals surface area contributed by atoms with Gasteiger partial charge < -0.3 is 4.74 Å². The summed E-state index contributed by atoms with van der Waals surface area (Å²) in [5.74, 6) is 0.227. The molecule has 0 spiro atoms. The van der Waals surface area contributed by atoms with Crippen molar-refractivity contribution in [1.82, 2.24) is 4.90 Å². The lowest BCUT2D eigenvalue weighted by molar-refractivity contribution is -0.142. The number of carbonyl (C=O) groups is 3. The van der Waals surface area contributed by atoms with Crippen molar-refractivity contribution in [2.75, 3.05) is 20.1 Å². The third kappa shape index (κ3) is 51.4. The van der Waals surface area contributed by atoms with Crippen molar-refractivity contribution in [2.24, 2.45) is 5.92 Å². The molecule has 34 heavy (non-hydrogen) atoms. The van der Waals surface area contributed by atoms with Gasteiger partial charge in [-0.3, -0.25) is 19.3 Å². The van der Waals surface area contributed by atoms with E-state index < -0.39 is 0 Å². The summed E-state index contributed by atoms with van der Waals surface area (Å²) in [5, 5.41) is 0. The van der Waals surface area contributed by atoms with Crippen LogP contribution < -0.4 is 0 Å². The van der Waals surface area contributed by atoms with Crippen LogP contribution in [0, 0.1) is 5.92 Å². The summed E-state index contributed by atoms with van der Waals surface area (Å²) in [4.78, 5) is 32.1. The van der Waals surface area contributed by atoms with Crippen LogP contribution in [0.5, 0.6) is 0 Å². The number of Topliss-reactive ketones (excluding diaryl/α,β-unsaturated/α-hetero) is 1. The van der Waals surface area contributed by atoms with Crippen LogP contribution in [0.3, 0.4) is 0 Å². The van der Waals surface area contributed by atoms with Gasteiger partial charge in [0.15, 0.2) is 11.6 Å². The molecular formula is C29H47NO4. The molecule has 0 aromatic rings. The van der Waals surface area contributed by atoms with E-state index in [1.54, 1.807) is 6.92 Å². The molecule has 0 aliphatic heterocycles. The smallest absolute Gasteiger partial charge is 0.303 e.